The van der Waals surface area contributed by atoms with Crippen LogP contribution in [0.4, 0.5) is 0 Å². The monoisotopic (exact) mass is 206 g/mol. The van der Waals surface area contributed by atoms with Gasteiger partial charge in [-0.2, -0.15) is 5.26 Å². The summed E-state index contributed by atoms with van der Waals surface area (Å²) in [7, 11) is 1.54. The van der Waals surface area contributed by atoms with Crippen LogP contribution in [0.25, 0.3) is 0 Å². The van der Waals surface area contributed by atoms with Gasteiger partial charge in [0.25, 0.3) is 0 Å². The third-order valence-electron chi connectivity index (χ3n) is 1.79. The van der Waals surface area contributed by atoms with E-state index in [1.807, 2.05) is 13.0 Å². The van der Waals surface area contributed by atoms with Crippen molar-refractivity contribution in [2.45, 2.75) is 13.0 Å². The topological polar surface area (TPSA) is 68.3 Å². The van der Waals surface area contributed by atoms with Crippen LogP contribution in [0.1, 0.15) is 12.5 Å². The number of benzene rings is 1. The summed E-state index contributed by atoms with van der Waals surface area (Å²) in [6.07, 6.45) is 0. The molecule has 4 heteroatoms. The molecule has 0 aliphatic heterocycles. The fourth-order valence-corrected chi connectivity index (χ4v) is 1.08. The molecule has 15 heavy (non-hydrogen) atoms. The second-order valence-electron chi connectivity index (χ2n) is 3.27. The van der Waals surface area contributed by atoms with Crippen LogP contribution < -0.4 is 15.2 Å². The van der Waals surface area contributed by atoms with Crippen molar-refractivity contribution in [3.8, 4) is 17.6 Å². The average molecular weight is 206 g/mol. The highest BCUT2D eigenvalue weighted by Gasteiger charge is 2.06. The van der Waals surface area contributed by atoms with Crippen LogP contribution in [0.2, 0.25) is 0 Å². The number of nitriles is 1. The Bertz CT molecular complexity index is 369. The molecule has 80 valence electrons. The van der Waals surface area contributed by atoms with E-state index in [0.29, 0.717) is 23.7 Å². The second-order valence-corrected chi connectivity index (χ2v) is 3.27. The minimum atomic E-state index is -0.0367. The van der Waals surface area contributed by atoms with Crippen molar-refractivity contribution >= 4 is 0 Å². The lowest BCUT2D eigenvalue weighted by atomic mass is 10.2. The van der Waals surface area contributed by atoms with Crippen LogP contribution in [-0.2, 0) is 0 Å². The molecule has 0 saturated heterocycles. The van der Waals surface area contributed by atoms with E-state index < -0.39 is 0 Å². The lowest BCUT2D eigenvalue weighted by molar-refractivity contribution is 0.278. The van der Waals surface area contributed by atoms with Crippen LogP contribution in [-0.4, -0.2) is 19.8 Å². The Kier molecular flexibility index (Phi) is 3.95. The first-order valence-electron chi connectivity index (χ1n) is 4.64. The first-order chi connectivity index (χ1) is 7.17. The van der Waals surface area contributed by atoms with E-state index in [1.165, 1.54) is 7.11 Å². The number of methoxy groups -OCH3 is 1. The number of ether oxygens (including phenoxy) is 2. The Morgan fingerprint density at radius 2 is 2.20 bits per heavy atom. The van der Waals surface area contributed by atoms with Crippen LogP contribution >= 0.6 is 0 Å². The second kappa shape index (κ2) is 5.23. The van der Waals surface area contributed by atoms with Gasteiger partial charge in [-0.3, -0.25) is 0 Å². The molecule has 1 atom stereocenters. The van der Waals surface area contributed by atoms with E-state index >= 15 is 0 Å². The standard InChI is InChI=1S/C11H14N2O2/c1-8(13)7-15-10-4-3-9(6-12)5-11(10)14-2/h3-5,8H,7,13H2,1-2H3. The molecule has 1 unspecified atom stereocenters. The predicted molar refractivity (Wildman–Crippen MR) is 56.9 cm³/mol. The Labute approximate surface area is 89.2 Å². The number of rotatable bonds is 4. The molecule has 1 rings (SSSR count). The van der Waals surface area contributed by atoms with Crippen LogP contribution in [0.15, 0.2) is 18.2 Å². The summed E-state index contributed by atoms with van der Waals surface area (Å²) in [6, 6.07) is 7.02. The maximum Gasteiger partial charge on any atom is 0.162 e. The predicted octanol–water partition coefficient (Wildman–Crippen LogP) is 1.29. The maximum atomic E-state index is 8.70. The largest absolute Gasteiger partial charge is 0.493 e. The highest BCUT2D eigenvalue weighted by Crippen LogP contribution is 2.27. The van der Waals surface area contributed by atoms with Gasteiger partial charge in [0.15, 0.2) is 11.5 Å². The van der Waals surface area contributed by atoms with E-state index in [-0.39, 0.29) is 6.04 Å². The van der Waals surface area contributed by atoms with E-state index in [1.54, 1.807) is 18.2 Å². The van der Waals surface area contributed by atoms with Gasteiger partial charge >= 0.3 is 0 Å². The van der Waals surface area contributed by atoms with Crippen LogP contribution in [0.3, 0.4) is 0 Å². The fraction of sp³-hybridized carbons (Fsp3) is 0.364. The van der Waals surface area contributed by atoms with E-state index in [2.05, 4.69) is 0 Å². The molecule has 2 N–H and O–H groups in total. The van der Waals surface area contributed by atoms with Gasteiger partial charge in [-0.1, -0.05) is 0 Å². The summed E-state index contributed by atoms with van der Waals surface area (Å²) < 4.78 is 10.5. The molecule has 0 spiro atoms. The molecule has 0 amide bonds. The van der Waals surface area contributed by atoms with Crippen LogP contribution in [0, 0.1) is 11.3 Å². The molecule has 4 nitrogen and oxygen atoms in total. The summed E-state index contributed by atoms with van der Waals surface area (Å²) in [6.45, 7) is 2.28. The first kappa shape index (κ1) is 11.3. The molecular formula is C11H14N2O2. The van der Waals surface area contributed by atoms with Gasteiger partial charge in [0.2, 0.25) is 0 Å². The third-order valence-corrected chi connectivity index (χ3v) is 1.79. The molecule has 1 aromatic carbocycles. The fourth-order valence-electron chi connectivity index (χ4n) is 1.08. The summed E-state index contributed by atoms with van der Waals surface area (Å²) in [5, 5.41) is 8.70. The SMILES string of the molecule is COc1cc(C#N)ccc1OCC(C)N. The minimum absolute atomic E-state index is 0.0367. The molecule has 0 aliphatic rings. The Morgan fingerprint density at radius 1 is 1.47 bits per heavy atom. The number of hydrogen-bond acceptors (Lipinski definition) is 4. The molecule has 0 radical (unpaired) electrons. The first-order valence-corrected chi connectivity index (χ1v) is 4.64. The number of nitrogens with two attached hydrogens (primary N) is 1. The minimum Gasteiger partial charge on any atom is -0.493 e. The summed E-state index contributed by atoms with van der Waals surface area (Å²) in [5.74, 6) is 1.16. The van der Waals surface area contributed by atoms with Gasteiger partial charge < -0.3 is 15.2 Å². The van der Waals surface area contributed by atoms with Crippen molar-refractivity contribution < 1.29 is 9.47 Å². The van der Waals surface area contributed by atoms with Gasteiger partial charge in [-0.25, -0.2) is 0 Å². The van der Waals surface area contributed by atoms with Crippen molar-refractivity contribution in [1.29, 1.82) is 5.26 Å². The van der Waals surface area contributed by atoms with Gasteiger partial charge in [-0.15, -0.1) is 0 Å². The van der Waals surface area contributed by atoms with Crippen LogP contribution in [0.5, 0.6) is 11.5 Å². The van der Waals surface area contributed by atoms with Gasteiger partial charge in [0, 0.05) is 12.1 Å². The molecule has 1 aromatic rings. The number of hydrogen-bond donors (Lipinski definition) is 1. The van der Waals surface area contributed by atoms with Crippen molar-refractivity contribution in [2.75, 3.05) is 13.7 Å². The lowest BCUT2D eigenvalue weighted by Gasteiger charge is -2.12. The van der Waals surface area contributed by atoms with Gasteiger partial charge in [-0.05, 0) is 19.1 Å². The zero-order valence-electron chi connectivity index (χ0n) is 8.86. The zero-order chi connectivity index (χ0) is 11.3. The normalized spacial score (nSPS) is 11.6. The molecule has 0 heterocycles. The van der Waals surface area contributed by atoms with Crippen molar-refractivity contribution in [3.05, 3.63) is 23.8 Å². The maximum absolute atomic E-state index is 8.70. The molecule has 0 bridgehead atoms. The Morgan fingerprint density at radius 3 is 2.73 bits per heavy atom. The summed E-state index contributed by atoms with van der Waals surface area (Å²) in [4.78, 5) is 0. The van der Waals surface area contributed by atoms with E-state index in [0.717, 1.165) is 0 Å². The molecule has 0 saturated carbocycles. The van der Waals surface area contributed by atoms with Crippen molar-refractivity contribution in [1.82, 2.24) is 0 Å². The smallest absolute Gasteiger partial charge is 0.162 e. The lowest BCUT2D eigenvalue weighted by Crippen LogP contribution is -2.23. The van der Waals surface area contributed by atoms with E-state index in [9.17, 15) is 0 Å². The summed E-state index contributed by atoms with van der Waals surface area (Å²) in [5.41, 5.74) is 6.11. The quantitative estimate of drug-likeness (QED) is 0.806. The Hall–Kier alpha value is -1.73. The molecule has 0 fully saturated rings. The van der Waals surface area contributed by atoms with Gasteiger partial charge in [0.1, 0.15) is 6.61 Å². The third kappa shape index (κ3) is 3.15. The molecular weight excluding hydrogens is 192 g/mol. The zero-order valence-corrected chi connectivity index (χ0v) is 8.86. The average Bonchev–Trinajstić information content (AvgIpc) is 2.25. The molecule has 0 aromatic heterocycles. The Balaban J connectivity index is 2.84. The van der Waals surface area contributed by atoms with E-state index in [4.69, 9.17) is 20.5 Å². The number of nitrogens with zero attached hydrogens (tertiary/aromatic N) is 1. The van der Waals surface area contributed by atoms with Crippen molar-refractivity contribution in [3.63, 3.8) is 0 Å². The highest BCUT2D eigenvalue weighted by atomic mass is 16.5. The van der Waals surface area contributed by atoms with Gasteiger partial charge in [0.05, 0.1) is 18.7 Å². The molecule has 0 aliphatic carbocycles. The summed E-state index contributed by atoms with van der Waals surface area (Å²) >= 11 is 0. The van der Waals surface area contributed by atoms with Crippen molar-refractivity contribution in [2.24, 2.45) is 5.73 Å². The highest BCUT2D eigenvalue weighted by molar-refractivity contribution is 5.46.